The minimum absolute atomic E-state index is 0.151. The first-order valence-electron chi connectivity index (χ1n) is 9.10. The van der Waals surface area contributed by atoms with Gasteiger partial charge in [0.15, 0.2) is 5.16 Å². The number of aryl methyl sites for hydroxylation is 2. The van der Waals surface area contributed by atoms with E-state index in [4.69, 9.17) is 0 Å². The molecule has 0 saturated carbocycles. The predicted molar refractivity (Wildman–Crippen MR) is 104 cm³/mol. The van der Waals surface area contributed by atoms with Crippen molar-refractivity contribution in [1.82, 2.24) is 24.6 Å². The summed E-state index contributed by atoms with van der Waals surface area (Å²) in [6, 6.07) is 8.72. The monoisotopic (exact) mass is 373 g/mol. The number of benzene rings is 1. The maximum Gasteiger partial charge on any atom is 0.235 e. The summed E-state index contributed by atoms with van der Waals surface area (Å²) in [4.78, 5) is 17.3. The van der Waals surface area contributed by atoms with E-state index in [2.05, 4.69) is 46.3 Å². The molecule has 6 nitrogen and oxygen atoms in total. The SMILES string of the molecule is Cc1ccc(CN2CCCN(C(=O)[C@@H](C)Sc3nncn3C)CC2)cc1. The van der Waals surface area contributed by atoms with E-state index in [0.717, 1.165) is 44.3 Å². The molecule has 1 atom stereocenters. The number of aromatic nitrogens is 3. The smallest absolute Gasteiger partial charge is 0.235 e. The Bertz CT molecular complexity index is 730. The molecule has 0 radical (unpaired) electrons. The Morgan fingerprint density at radius 3 is 2.65 bits per heavy atom. The second kappa shape index (κ2) is 8.68. The van der Waals surface area contributed by atoms with Gasteiger partial charge >= 0.3 is 0 Å². The topological polar surface area (TPSA) is 54.3 Å². The van der Waals surface area contributed by atoms with E-state index in [1.54, 1.807) is 6.33 Å². The summed E-state index contributed by atoms with van der Waals surface area (Å²) in [6.07, 6.45) is 2.67. The first kappa shape index (κ1) is 18.9. The Hall–Kier alpha value is -1.86. The van der Waals surface area contributed by atoms with Gasteiger partial charge in [0.25, 0.3) is 0 Å². The number of hydrogen-bond donors (Lipinski definition) is 0. The number of thioether (sulfide) groups is 1. The van der Waals surface area contributed by atoms with E-state index in [9.17, 15) is 4.79 Å². The summed E-state index contributed by atoms with van der Waals surface area (Å²) >= 11 is 1.47. The minimum atomic E-state index is -0.151. The van der Waals surface area contributed by atoms with Crippen molar-refractivity contribution in [2.75, 3.05) is 26.2 Å². The van der Waals surface area contributed by atoms with Crippen LogP contribution in [0.3, 0.4) is 0 Å². The third kappa shape index (κ3) is 4.86. The molecule has 0 unspecified atom stereocenters. The van der Waals surface area contributed by atoms with Crippen LogP contribution in [0.4, 0.5) is 0 Å². The number of nitrogens with zero attached hydrogens (tertiary/aromatic N) is 5. The molecule has 0 bridgehead atoms. The van der Waals surface area contributed by atoms with Crippen LogP contribution < -0.4 is 0 Å². The molecule has 2 heterocycles. The molecule has 1 fully saturated rings. The molecule has 0 N–H and O–H groups in total. The molecule has 0 aliphatic carbocycles. The summed E-state index contributed by atoms with van der Waals surface area (Å²) in [5, 5.41) is 8.57. The molecule has 3 rings (SSSR count). The fraction of sp³-hybridized carbons (Fsp3) is 0.526. The van der Waals surface area contributed by atoms with E-state index < -0.39 is 0 Å². The Balaban J connectivity index is 1.53. The average molecular weight is 374 g/mol. The third-order valence-electron chi connectivity index (χ3n) is 4.73. The highest BCUT2D eigenvalue weighted by atomic mass is 32.2. The van der Waals surface area contributed by atoms with Gasteiger partial charge in [0.1, 0.15) is 6.33 Å². The molecule has 7 heteroatoms. The van der Waals surface area contributed by atoms with Gasteiger partial charge in [0.05, 0.1) is 5.25 Å². The highest BCUT2D eigenvalue weighted by Gasteiger charge is 2.25. The van der Waals surface area contributed by atoms with Crippen molar-refractivity contribution < 1.29 is 4.79 Å². The lowest BCUT2D eigenvalue weighted by Gasteiger charge is -2.24. The van der Waals surface area contributed by atoms with Crippen molar-refractivity contribution in [3.05, 3.63) is 41.7 Å². The zero-order valence-electron chi connectivity index (χ0n) is 15.8. The molecule has 1 aromatic carbocycles. The normalized spacial score (nSPS) is 17.1. The van der Waals surface area contributed by atoms with Gasteiger partial charge in [-0.15, -0.1) is 10.2 Å². The lowest BCUT2D eigenvalue weighted by Crippen LogP contribution is -2.39. The van der Waals surface area contributed by atoms with Crippen LogP contribution in [0, 0.1) is 6.92 Å². The van der Waals surface area contributed by atoms with Crippen LogP contribution in [0.15, 0.2) is 35.7 Å². The third-order valence-corrected chi connectivity index (χ3v) is 5.86. The van der Waals surface area contributed by atoms with E-state index >= 15 is 0 Å². The molecular formula is C19H27N5OS. The van der Waals surface area contributed by atoms with Crippen LogP contribution >= 0.6 is 11.8 Å². The maximum atomic E-state index is 12.8. The quantitative estimate of drug-likeness (QED) is 0.753. The van der Waals surface area contributed by atoms with E-state index in [1.807, 2.05) is 23.4 Å². The van der Waals surface area contributed by atoms with E-state index in [1.165, 1.54) is 22.9 Å². The summed E-state index contributed by atoms with van der Waals surface area (Å²) in [5.74, 6) is 0.190. The van der Waals surface area contributed by atoms with Crippen LogP contribution in [0.1, 0.15) is 24.5 Å². The molecule has 1 amide bonds. The van der Waals surface area contributed by atoms with Gasteiger partial charge in [-0.1, -0.05) is 41.6 Å². The van der Waals surface area contributed by atoms with Crippen LogP contribution in [0.5, 0.6) is 0 Å². The number of carbonyl (C=O) groups excluding carboxylic acids is 1. The van der Waals surface area contributed by atoms with Gasteiger partial charge in [0, 0.05) is 39.8 Å². The summed E-state index contributed by atoms with van der Waals surface area (Å²) in [6.45, 7) is 8.58. The standard InChI is InChI=1S/C19H27N5OS/c1-15-5-7-17(8-6-15)13-23-9-4-10-24(12-11-23)18(25)16(2)26-19-21-20-14-22(19)3/h5-8,14,16H,4,9-13H2,1-3H3/t16-/m1/s1. The van der Waals surface area contributed by atoms with Gasteiger partial charge in [-0.3, -0.25) is 9.69 Å². The molecule has 0 spiro atoms. The van der Waals surface area contributed by atoms with Gasteiger partial charge in [0.2, 0.25) is 5.91 Å². The van der Waals surface area contributed by atoms with Gasteiger partial charge in [-0.25, -0.2) is 0 Å². The number of rotatable bonds is 5. The Kier molecular flexibility index (Phi) is 6.32. The second-order valence-electron chi connectivity index (χ2n) is 6.93. The van der Waals surface area contributed by atoms with Crippen molar-refractivity contribution in [1.29, 1.82) is 0 Å². The van der Waals surface area contributed by atoms with Crippen molar-refractivity contribution in [2.45, 2.75) is 37.2 Å². The van der Waals surface area contributed by atoms with Crippen LogP contribution in [0.25, 0.3) is 0 Å². The predicted octanol–water partition coefficient (Wildman–Crippen LogP) is 2.34. The van der Waals surface area contributed by atoms with Crippen LogP contribution in [0.2, 0.25) is 0 Å². The van der Waals surface area contributed by atoms with Crippen molar-refractivity contribution in [2.24, 2.45) is 7.05 Å². The maximum absolute atomic E-state index is 12.8. The average Bonchev–Trinajstić information content (AvgIpc) is 2.89. The largest absolute Gasteiger partial charge is 0.340 e. The summed E-state index contributed by atoms with van der Waals surface area (Å²) < 4.78 is 1.85. The highest BCUT2D eigenvalue weighted by Crippen LogP contribution is 2.22. The molecular weight excluding hydrogens is 346 g/mol. The van der Waals surface area contributed by atoms with Crippen LogP contribution in [-0.2, 0) is 18.4 Å². The molecule has 1 saturated heterocycles. The molecule has 1 aromatic heterocycles. The Morgan fingerprint density at radius 1 is 1.19 bits per heavy atom. The molecule has 26 heavy (non-hydrogen) atoms. The zero-order chi connectivity index (χ0) is 18.5. The first-order chi connectivity index (χ1) is 12.5. The summed E-state index contributed by atoms with van der Waals surface area (Å²) in [5.41, 5.74) is 2.62. The highest BCUT2D eigenvalue weighted by molar-refractivity contribution is 8.00. The van der Waals surface area contributed by atoms with Gasteiger partial charge < -0.3 is 9.47 Å². The van der Waals surface area contributed by atoms with Crippen LogP contribution in [-0.4, -0.2) is 61.9 Å². The van der Waals surface area contributed by atoms with E-state index in [-0.39, 0.29) is 11.2 Å². The minimum Gasteiger partial charge on any atom is -0.340 e. The first-order valence-corrected chi connectivity index (χ1v) is 9.98. The number of carbonyl (C=O) groups is 1. The van der Waals surface area contributed by atoms with Crippen molar-refractivity contribution in [3.63, 3.8) is 0 Å². The van der Waals surface area contributed by atoms with Crippen molar-refractivity contribution in [3.8, 4) is 0 Å². The lowest BCUT2D eigenvalue weighted by molar-refractivity contribution is -0.130. The molecule has 1 aliphatic rings. The second-order valence-corrected chi connectivity index (χ2v) is 8.23. The number of amides is 1. The summed E-state index contributed by atoms with van der Waals surface area (Å²) in [7, 11) is 1.90. The van der Waals surface area contributed by atoms with Crippen molar-refractivity contribution >= 4 is 17.7 Å². The fourth-order valence-corrected chi connectivity index (χ4v) is 4.02. The molecule has 1 aliphatic heterocycles. The van der Waals surface area contributed by atoms with Gasteiger partial charge in [-0.05, 0) is 25.8 Å². The zero-order valence-corrected chi connectivity index (χ0v) is 16.6. The lowest BCUT2D eigenvalue weighted by atomic mass is 10.1. The fourth-order valence-electron chi connectivity index (χ4n) is 3.15. The number of hydrogen-bond acceptors (Lipinski definition) is 5. The van der Waals surface area contributed by atoms with Gasteiger partial charge in [-0.2, -0.15) is 0 Å². The Labute approximate surface area is 159 Å². The molecule has 2 aromatic rings. The molecule has 140 valence electrons. The Morgan fingerprint density at radius 2 is 1.96 bits per heavy atom. The van der Waals surface area contributed by atoms with E-state index in [0.29, 0.717) is 0 Å².